The Bertz CT molecular complexity index is 830. The van der Waals surface area contributed by atoms with Crippen molar-refractivity contribution < 1.29 is 14.9 Å². The second kappa shape index (κ2) is 8.35. The zero-order valence-corrected chi connectivity index (χ0v) is 16.0. The van der Waals surface area contributed by atoms with Gasteiger partial charge in [-0.05, 0) is 81.0 Å². The van der Waals surface area contributed by atoms with Crippen LogP contribution >= 0.6 is 0 Å². The summed E-state index contributed by atoms with van der Waals surface area (Å²) in [4.78, 5) is 23.6. The highest BCUT2D eigenvalue weighted by Crippen LogP contribution is 2.23. The molecule has 0 saturated heterocycles. The number of aryl methyl sites for hydroxylation is 2. The van der Waals surface area contributed by atoms with Crippen LogP contribution in [-0.4, -0.2) is 17.9 Å². The van der Waals surface area contributed by atoms with Crippen molar-refractivity contribution in [3.63, 3.8) is 0 Å². The summed E-state index contributed by atoms with van der Waals surface area (Å²) < 4.78 is 0. The lowest BCUT2D eigenvalue weighted by atomic mass is 9.89. The van der Waals surface area contributed by atoms with Crippen LogP contribution in [0.1, 0.15) is 59.8 Å². The Hall–Kier alpha value is -2.66. The first kappa shape index (κ1) is 19.1. The Morgan fingerprint density at radius 1 is 1.00 bits per heavy atom. The number of nitrogens with one attached hydrogen (secondary N) is 1. The highest BCUT2D eigenvalue weighted by atomic mass is 16.2. The van der Waals surface area contributed by atoms with Gasteiger partial charge in [0.15, 0.2) is 6.04 Å². The van der Waals surface area contributed by atoms with E-state index >= 15 is 0 Å². The first-order valence-electron chi connectivity index (χ1n) is 9.61. The smallest absolute Gasteiger partial charge is 0.282 e. The van der Waals surface area contributed by atoms with Gasteiger partial charge in [0.2, 0.25) is 5.91 Å². The highest BCUT2D eigenvalue weighted by molar-refractivity contribution is 5.95. The number of hydrogen-bond acceptors (Lipinski definition) is 2. The molecule has 27 heavy (non-hydrogen) atoms. The molecule has 142 valence electrons. The van der Waals surface area contributed by atoms with E-state index < -0.39 is 5.91 Å². The standard InChI is InChI=1S/C22H27N3O2/c1-14(18-8-7-16-5-3-4-6-19(16)13-18)24-15(2)22(27)25-20-11-9-17(10-12-20)21(23)26/h7-15,24H,3-6H2,1-2H3,(H2,23,26)(H,25,27)/p+1/t14-,15-/m1/s1. The van der Waals surface area contributed by atoms with E-state index in [2.05, 4.69) is 35.8 Å². The number of benzene rings is 2. The van der Waals surface area contributed by atoms with E-state index in [0.717, 1.165) is 6.42 Å². The summed E-state index contributed by atoms with van der Waals surface area (Å²) >= 11 is 0. The largest absolute Gasteiger partial charge is 0.366 e. The van der Waals surface area contributed by atoms with Gasteiger partial charge in [-0.25, -0.2) is 0 Å². The van der Waals surface area contributed by atoms with Crippen LogP contribution in [0, 0.1) is 0 Å². The lowest BCUT2D eigenvalue weighted by Gasteiger charge is -2.20. The van der Waals surface area contributed by atoms with Crippen LogP contribution in [0.2, 0.25) is 0 Å². The summed E-state index contributed by atoms with van der Waals surface area (Å²) in [6, 6.07) is 13.3. The third-order valence-corrected chi connectivity index (χ3v) is 5.33. The number of carbonyl (C=O) groups excluding carboxylic acids is 2. The topological polar surface area (TPSA) is 88.8 Å². The fourth-order valence-corrected chi connectivity index (χ4v) is 3.64. The third-order valence-electron chi connectivity index (χ3n) is 5.33. The summed E-state index contributed by atoms with van der Waals surface area (Å²) in [5, 5.41) is 4.97. The molecule has 0 aliphatic heterocycles. The van der Waals surface area contributed by atoms with Crippen LogP contribution in [0.15, 0.2) is 42.5 Å². The molecular formula is C22H28N3O2+. The predicted molar refractivity (Wildman–Crippen MR) is 106 cm³/mol. The minimum absolute atomic E-state index is 0.0633. The molecule has 5 heteroatoms. The maximum atomic E-state index is 12.5. The first-order valence-corrected chi connectivity index (χ1v) is 9.61. The molecule has 0 radical (unpaired) electrons. The molecule has 0 bridgehead atoms. The molecule has 2 aromatic carbocycles. The minimum atomic E-state index is -0.478. The van der Waals surface area contributed by atoms with Gasteiger partial charge in [-0.1, -0.05) is 12.1 Å². The maximum absolute atomic E-state index is 12.5. The Labute approximate surface area is 160 Å². The Balaban J connectivity index is 1.59. The van der Waals surface area contributed by atoms with E-state index in [1.165, 1.54) is 36.0 Å². The fraction of sp³-hybridized carbons (Fsp3) is 0.364. The van der Waals surface area contributed by atoms with Gasteiger partial charge >= 0.3 is 0 Å². The van der Waals surface area contributed by atoms with Gasteiger partial charge in [-0.2, -0.15) is 0 Å². The molecule has 5 nitrogen and oxygen atoms in total. The molecule has 0 aromatic heterocycles. The van der Waals surface area contributed by atoms with Gasteiger partial charge < -0.3 is 16.4 Å². The molecule has 1 aliphatic carbocycles. The van der Waals surface area contributed by atoms with Crippen LogP contribution in [0.25, 0.3) is 0 Å². The summed E-state index contributed by atoms with van der Waals surface area (Å²) in [7, 11) is 0. The second-order valence-electron chi connectivity index (χ2n) is 7.44. The molecule has 0 spiro atoms. The summed E-state index contributed by atoms with van der Waals surface area (Å²) in [5.41, 5.74) is 10.5. The van der Waals surface area contributed by atoms with E-state index in [1.807, 2.05) is 6.92 Å². The van der Waals surface area contributed by atoms with Crippen LogP contribution < -0.4 is 16.4 Å². The minimum Gasteiger partial charge on any atom is -0.366 e. The van der Waals surface area contributed by atoms with E-state index in [-0.39, 0.29) is 18.0 Å². The van der Waals surface area contributed by atoms with Crippen molar-refractivity contribution >= 4 is 17.5 Å². The molecule has 2 atom stereocenters. The predicted octanol–water partition coefficient (Wildman–Crippen LogP) is 2.32. The van der Waals surface area contributed by atoms with Gasteiger partial charge in [0.25, 0.3) is 5.91 Å². The lowest BCUT2D eigenvalue weighted by Crippen LogP contribution is -2.91. The van der Waals surface area contributed by atoms with Crippen molar-refractivity contribution in [2.75, 3.05) is 5.32 Å². The Kier molecular flexibility index (Phi) is 5.91. The average molecular weight is 366 g/mol. The van der Waals surface area contributed by atoms with E-state index in [0.29, 0.717) is 11.3 Å². The lowest BCUT2D eigenvalue weighted by molar-refractivity contribution is -0.709. The van der Waals surface area contributed by atoms with Gasteiger partial charge in [-0.15, -0.1) is 0 Å². The fourth-order valence-electron chi connectivity index (χ4n) is 3.64. The van der Waals surface area contributed by atoms with Crippen molar-refractivity contribution in [1.82, 2.24) is 0 Å². The number of anilines is 1. The molecule has 0 unspecified atom stereocenters. The SMILES string of the molecule is C[C@@H]([NH2+][C@H](C)c1ccc2c(c1)CCCC2)C(=O)Nc1ccc(C(N)=O)cc1. The van der Waals surface area contributed by atoms with Crippen LogP contribution in [0.5, 0.6) is 0 Å². The number of quaternary nitrogens is 1. The monoisotopic (exact) mass is 366 g/mol. The molecule has 5 N–H and O–H groups in total. The molecular weight excluding hydrogens is 338 g/mol. The van der Waals surface area contributed by atoms with Crippen molar-refractivity contribution in [3.8, 4) is 0 Å². The van der Waals surface area contributed by atoms with Crippen LogP contribution in [-0.2, 0) is 17.6 Å². The molecule has 3 rings (SSSR count). The van der Waals surface area contributed by atoms with E-state index in [4.69, 9.17) is 5.73 Å². The molecule has 0 fully saturated rings. The number of hydrogen-bond donors (Lipinski definition) is 3. The molecule has 0 heterocycles. The number of amides is 2. The van der Waals surface area contributed by atoms with E-state index in [9.17, 15) is 9.59 Å². The van der Waals surface area contributed by atoms with Crippen molar-refractivity contribution in [1.29, 1.82) is 0 Å². The average Bonchev–Trinajstić information content (AvgIpc) is 2.67. The van der Waals surface area contributed by atoms with E-state index in [1.54, 1.807) is 24.3 Å². The van der Waals surface area contributed by atoms with Crippen LogP contribution in [0.4, 0.5) is 5.69 Å². The number of fused-ring (bicyclic) bond motifs is 1. The van der Waals surface area contributed by atoms with Gasteiger partial charge in [0.1, 0.15) is 6.04 Å². The third kappa shape index (κ3) is 4.74. The molecule has 2 aromatic rings. The quantitative estimate of drug-likeness (QED) is 0.732. The Morgan fingerprint density at radius 3 is 2.33 bits per heavy atom. The number of carbonyl (C=O) groups is 2. The molecule has 0 saturated carbocycles. The number of nitrogens with two attached hydrogens (primary N) is 2. The number of primary amides is 1. The summed E-state index contributed by atoms with van der Waals surface area (Å²) in [5.74, 6) is -0.542. The summed E-state index contributed by atoms with van der Waals surface area (Å²) in [6.45, 7) is 4.04. The van der Waals surface area contributed by atoms with Crippen molar-refractivity contribution in [2.24, 2.45) is 5.73 Å². The molecule has 2 amide bonds. The first-order chi connectivity index (χ1) is 12.9. The highest BCUT2D eigenvalue weighted by Gasteiger charge is 2.21. The van der Waals surface area contributed by atoms with Gasteiger partial charge in [0.05, 0.1) is 0 Å². The Morgan fingerprint density at radius 2 is 1.67 bits per heavy atom. The van der Waals surface area contributed by atoms with Crippen molar-refractivity contribution in [2.45, 2.75) is 51.6 Å². The van der Waals surface area contributed by atoms with Gasteiger partial charge in [0, 0.05) is 16.8 Å². The zero-order chi connectivity index (χ0) is 19.4. The summed E-state index contributed by atoms with van der Waals surface area (Å²) in [6.07, 6.45) is 4.89. The second-order valence-corrected chi connectivity index (χ2v) is 7.44. The van der Waals surface area contributed by atoms with Gasteiger partial charge in [-0.3, -0.25) is 9.59 Å². The molecule has 1 aliphatic rings. The number of rotatable bonds is 6. The van der Waals surface area contributed by atoms with Crippen LogP contribution in [0.3, 0.4) is 0 Å². The normalized spacial score (nSPS) is 15.5. The van der Waals surface area contributed by atoms with Crippen molar-refractivity contribution in [3.05, 3.63) is 64.7 Å². The maximum Gasteiger partial charge on any atom is 0.282 e. The zero-order valence-electron chi connectivity index (χ0n) is 16.0.